The van der Waals surface area contributed by atoms with Crippen molar-refractivity contribution in [2.24, 2.45) is 0 Å². The lowest BCUT2D eigenvalue weighted by molar-refractivity contribution is -0.146. The second-order valence-electron chi connectivity index (χ2n) is 3.92. The molecule has 1 aromatic rings. The van der Waals surface area contributed by atoms with E-state index >= 15 is 0 Å². The standard InChI is InChI=1S/C11H12ClNO3S3/c12-9-2-1-7(19-9)3-17-5-10(14)13-6-18-4-8(13)11(15)16/h1-2,8H,3-6H2,(H,15,16)/t8-/m0/s1. The summed E-state index contributed by atoms with van der Waals surface area (Å²) < 4.78 is 0.740. The average Bonchev–Trinajstić information content (AvgIpc) is 2.97. The third-order valence-electron chi connectivity index (χ3n) is 2.59. The Hall–Kier alpha value is -0.370. The molecule has 0 radical (unpaired) electrons. The summed E-state index contributed by atoms with van der Waals surface area (Å²) in [6, 6.07) is 3.10. The monoisotopic (exact) mass is 337 g/mol. The molecule has 1 N–H and O–H groups in total. The van der Waals surface area contributed by atoms with Crippen LogP contribution in [0.25, 0.3) is 0 Å². The maximum absolute atomic E-state index is 12.0. The van der Waals surface area contributed by atoms with E-state index in [0.29, 0.717) is 17.4 Å². The highest BCUT2D eigenvalue weighted by molar-refractivity contribution is 7.99. The van der Waals surface area contributed by atoms with Crippen LogP contribution < -0.4 is 0 Å². The molecule has 1 amide bonds. The van der Waals surface area contributed by atoms with Gasteiger partial charge in [-0.1, -0.05) is 11.6 Å². The van der Waals surface area contributed by atoms with Crippen LogP contribution in [0, 0.1) is 0 Å². The van der Waals surface area contributed by atoms with Gasteiger partial charge in [-0.25, -0.2) is 4.79 Å². The quantitative estimate of drug-likeness (QED) is 0.895. The summed E-state index contributed by atoms with van der Waals surface area (Å²) in [6.45, 7) is 0. The number of rotatable bonds is 5. The minimum Gasteiger partial charge on any atom is -0.480 e. The van der Waals surface area contributed by atoms with E-state index in [-0.39, 0.29) is 5.91 Å². The van der Waals surface area contributed by atoms with Crippen molar-refractivity contribution < 1.29 is 14.7 Å². The molecule has 1 saturated heterocycles. The third kappa shape index (κ3) is 4.05. The van der Waals surface area contributed by atoms with E-state index in [1.165, 1.54) is 39.8 Å². The number of hydrogen-bond acceptors (Lipinski definition) is 5. The lowest BCUT2D eigenvalue weighted by Gasteiger charge is -2.20. The molecule has 0 bridgehead atoms. The van der Waals surface area contributed by atoms with Gasteiger partial charge < -0.3 is 10.0 Å². The molecule has 104 valence electrons. The lowest BCUT2D eigenvalue weighted by atomic mass is 10.3. The molecule has 2 rings (SSSR count). The zero-order valence-electron chi connectivity index (χ0n) is 9.87. The molecule has 1 aromatic heterocycles. The molecule has 4 nitrogen and oxygen atoms in total. The van der Waals surface area contributed by atoms with Gasteiger partial charge in [0.15, 0.2) is 0 Å². The van der Waals surface area contributed by atoms with Crippen molar-refractivity contribution in [1.29, 1.82) is 0 Å². The zero-order chi connectivity index (χ0) is 13.8. The number of thiophene rings is 1. The van der Waals surface area contributed by atoms with Gasteiger partial charge in [0.05, 0.1) is 16.0 Å². The SMILES string of the molecule is O=C(O)[C@@H]1CSCN1C(=O)CSCc1ccc(Cl)s1. The molecule has 0 aromatic carbocycles. The second-order valence-corrected chi connectivity index (χ2v) is 7.70. The van der Waals surface area contributed by atoms with Crippen molar-refractivity contribution >= 4 is 58.3 Å². The van der Waals surface area contributed by atoms with E-state index in [1.807, 2.05) is 12.1 Å². The van der Waals surface area contributed by atoms with Crippen LogP contribution in [0.2, 0.25) is 4.34 Å². The predicted octanol–water partition coefficient (Wildman–Crippen LogP) is 2.62. The summed E-state index contributed by atoms with van der Waals surface area (Å²) in [5, 5.41) is 9.01. The summed E-state index contributed by atoms with van der Waals surface area (Å²) in [7, 11) is 0. The first kappa shape index (κ1) is 15.0. The Morgan fingerprint density at radius 3 is 2.95 bits per heavy atom. The van der Waals surface area contributed by atoms with E-state index in [9.17, 15) is 9.59 Å². The summed E-state index contributed by atoms with van der Waals surface area (Å²) in [6.07, 6.45) is 0. The maximum atomic E-state index is 12.0. The third-order valence-corrected chi connectivity index (χ3v) is 5.98. The van der Waals surface area contributed by atoms with Crippen LogP contribution in [0.1, 0.15) is 4.88 Å². The Balaban J connectivity index is 1.79. The van der Waals surface area contributed by atoms with Crippen LogP contribution in [-0.4, -0.2) is 45.3 Å². The number of carbonyl (C=O) groups excluding carboxylic acids is 1. The molecular formula is C11H12ClNO3S3. The van der Waals surface area contributed by atoms with E-state index in [0.717, 1.165) is 15.0 Å². The van der Waals surface area contributed by atoms with Crippen molar-refractivity contribution in [3.05, 3.63) is 21.3 Å². The number of carbonyl (C=O) groups is 2. The van der Waals surface area contributed by atoms with Crippen LogP contribution in [0.4, 0.5) is 0 Å². The Morgan fingerprint density at radius 1 is 1.53 bits per heavy atom. The molecule has 1 aliphatic heterocycles. The van der Waals surface area contributed by atoms with Crippen molar-refractivity contribution in [1.82, 2.24) is 4.90 Å². The van der Waals surface area contributed by atoms with Crippen molar-refractivity contribution in [3.63, 3.8) is 0 Å². The molecular weight excluding hydrogens is 326 g/mol. The first-order valence-electron chi connectivity index (χ1n) is 5.50. The summed E-state index contributed by atoms with van der Waals surface area (Å²) >= 11 is 10.3. The highest BCUT2D eigenvalue weighted by atomic mass is 35.5. The van der Waals surface area contributed by atoms with Gasteiger partial charge >= 0.3 is 5.97 Å². The van der Waals surface area contributed by atoms with Gasteiger partial charge in [-0.2, -0.15) is 0 Å². The van der Waals surface area contributed by atoms with E-state index in [2.05, 4.69) is 0 Å². The number of amides is 1. The number of thioether (sulfide) groups is 2. The average molecular weight is 338 g/mol. The fraction of sp³-hybridized carbons (Fsp3) is 0.455. The fourth-order valence-electron chi connectivity index (χ4n) is 1.64. The summed E-state index contributed by atoms with van der Waals surface area (Å²) in [5.41, 5.74) is 0. The first-order valence-corrected chi connectivity index (χ1v) is 9.00. The van der Waals surface area contributed by atoms with Gasteiger partial charge in [0.25, 0.3) is 0 Å². The minimum absolute atomic E-state index is 0.106. The number of carboxylic acid groups (broad SMARTS) is 1. The molecule has 1 atom stereocenters. The minimum atomic E-state index is -0.923. The van der Waals surface area contributed by atoms with Gasteiger partial charge in [0.2, 0.25) is 5.91 Å². The smallest absolute Gasteiger partial charge is 0.327 e. The molecule has 2 heterocycles. The van der Waals surface area contributed by atoms with Crippen LogP contribution in [0.15, 0.2) is 12.1 Å². The van der Waals surface area contributed by atoms with Crippen LogP contribution in [0.3, 0.4) is 0 Å². The fourth-order valence-corrected chi connectivity index (χ4v) is 4.92. The zero-order valence-corrected chi connectivity index (χ0v) is 13.1. The lowest BCUT2D eigenvalue weighted by Crippen LogP contribution is -2.42. The highest BCUT2D eigenvalue weighted by Crippen LogP contribution is 2.26. The summed E-state index contributed by atoms with van der Waals surface area (Å²) in [5.74, 6) is 0.952. The highest BCUT2D eigenvalue weighted by Gasteiger charge is 2.34. The molecule has 0 aliphatic carbocycles. The molecule has 0 saturated carbocycles. The van der Waals surface area contributed by atoms with Gasteiger partial charge in [-0.05, 0) is 12.1 Å². The van der Waals surface area contributed by atoms with Gasteiger partial charge in [0.1, 0.15) is 6.04 Å². The van der Waals surface area contributed by atoms with Gasteiger partial charge in [-0.15, -0.1) is 34.9 Å². The Morgan fingerprint density at radius 2 is 2.32 bits per heavy atom. The number of carboxylic acids is 1. The number of nitrogens with zero attached hydrogens (tertiary/aromatic N) is 1. The van der Waals surface area contributed by atoms with E-state index in [4.69, 9.17) is 16.7 Å². The Kier molecular flexibility index (Phi) is 5.44. The van der Waals surface area contributed by atoms with Crippen molar-refractivity contribution in [2.75, 3.05) is 17.4 Å². The van der Waals surface area contributed by atoms with E-state index < -0.39 is 12.0 Å². The topological polar surface area (TPSA) is 57.6 Å². The van der Waals surface area contributed by atoms with Gasteiger partial charge in [0, 0.05) is 16.4 Å². The van der Waals surface area contributed by atoms with Crippen molar-refractivity contribution in [2.45, 2.75) is 11.8 Å². The molecule has 19 heavy (non-hydrogen) atoms. The molecule has 0 unspecified atom stereocenters. The molecule has 8 heteroatoms. The van der Waals surface area contributed by atoms with E-state index in [1.54, 1.807) is 0 Å². The Labute approximate surface area is 128 Å². The molecule has 1 aliphatic rings. The maximum Gasteiger partial charge on any atom is 0.327 e. The largest absolute Gasteiger partial charge is 0.480 e. The Bertz CT molecular complexity index is 480. The predicted molar refractivity (Wildman–Crippen MR) is 81.1 cm³/mol. The normalized spacial score (nSPS) is 18.8. The number of halogens is 1. The molecule has 1 fully saturated rings. The number of aliphatic carboxylic acids is 1. The number of hydrogen-bond donors (Lipinski definition) is 1. The van der Waals surface area contributed by atoms with Crippen molar-refractivity contribution in [3.8, 4) is 0 Å². The van der Waals surface area contributed by atoms with Gasteiger partial charge in [-0.3, -0.25) is 4.79 Å². The second kappa shape index (κ2) is 6.88. The van der Waals surface area contributed by atoms with Crippen LogP contribution >= 0.6 is 46.5 Å². The van der Waals surface area contributed by atoms with Crippen LogP contribution in [-0.2, 0) is 15.3 Å². The molecule has 0 spiro atoms. The van der Waals surface area contributed by atoms with Crippen LogP contribution in [0.5, 0.6) is 0 Å². The summed E-state index contributed by atoms with van der Waals surface area (Å²) in [4.78, 5) is 25.5. The first-order chi connectivity index (χ1) is 9.08.